The molecule has 0 saturated heterocycles. The Morgan fingerprint density at radius 1 is 1.16 bits per heavy atom. The van der Waals surface area contributed by atoms with Crippen LogP contribution < -0.4 is 10.6 Å². The van der Waals surface area contributed by atoms with Crippen LogP contribution in [0.1, 0.15) is 52.5 Å². The molecule has 0 fully saturated rings. The molecule has 0 bridgehead atoms. The van der Waals surface area contributed by atoms with Crippen LogP contribution in [0, 0.1) is 19.3 Å². The molecule has 10 heteroatoms. The van der Waals surface area contributed by atoms with Crippen molar-refractivity contribution >= 4 is 45.7 Å². The van der Waals surface area contributed by atoms with E-state index in [1.807, 2.05) is 0 Å². The maximum Gasteiger partial charge on any atom is 0.257 e. The fraction of sp³-hybridized carbons (Fsp3) is 0.409. The lowest BCUT2D eigenvalue weighted by molar-refractivity contribution is 0.0824. The maximum atomic E-state index is 12.5. The topological polar surface area (TPSA) is 113 Å². The number of phenolic OH excluding ortho intramolecular Hbond substituents is 1. The first kappa shape index (κ1) is 24.0. The third kappa shape index (κ3) is 5.03. The number of thiophene rings is 1. The van der Waals surface area contributed by atoms with Gasteiger partial charge in [0.1, 0.15) is 0 Å². The molecule has 2 aromatic heterocycles. The predicted molar refractivity (Wildman–Crippen MR) is 130 cm³/mol. The molecule has 0 saturated carbocycles. The molecule has 0 radical (unpaired) electrons. The molecule has 0 aliphatic heterocycles. The van der Waals surface area contributed by atoms with E-state index in [0.717, 1.165) is 4.88 Å². The van der Waals surface area contributed by atoms with Gasteiger partial charge in [-0.3, -0.25) is 4.79 Å². The highest BCUT2D eigenvalue weighted by Crippen LogP contribution is 2.41. The summed E-state index contributed by atoms with van der Waals surface area (Å²) < 4.78 is 20.4. The number of aryl methyl sites for hydroxylation is 2. The summed E-state index contributed by atoms with van der Waals surface area (Å²) in [4.78, 5) is 16.3. The van der Waals surface area contributed by atoms with Crippen LogP contribution in [0.3, 0.4) is 0 Å². The van der Waals surface area contributed by atoms with E-state index >= 15 is 0 Å². The average Bonchev–Trinajstić information content (AvgIpc) is 3.26. The van der Waals surface area contributed by atoms with Gasteiger partial charge in [-0.2, -0.15) is 0 Å². The van der Waals surface area contributed by atoms with Crippen LogP contribution in [0.5, 0.6) is 5.75 Å². The van der Waals surface area contributed by atoms with Crippen molar-refractivity contribution in [1.82, 2.24) is 13.6 Å². The molecule has 0 aliphatic rings. The number of aromatic nitrogens is 2. The third-order valence-electron chi connectivity index (χ3n) is 5.02. The molecule has 1 aromatic carbocycles. The molecule has 1 amide bonds. The van der Waals surface area contributed by atoms with Crippen molar-refractivity contribution in [3.8, 4) is 5.75 Å². The molecule has 32 heavy (non-hydrogen) atoms. The molecule has 0 spiro atoms. The molecule has 3 rings (SSSR count). The first-order valence-corrected chi connectivity index (χ1v) is 12.0. The summed E-state index contributed by atoms with van der Waals surface area (Å²) in [7, 11) is 3.25. The number of rotatable bonds is 6. The van der Waals surface area contributed by atoms with E-state index < -0.39 is 11.1 Å². The normalized spacial score (nSPS) is 13.1. The zero-order valence-corrected chi connectivity index (χ0v) is 20.9. The van der Waals surface area contributed by atoms with Gasteiger partial charge < -0.3 is 25.2 Å². The molecule has 8 nitrogen and oxygen atoms in total. The Kier molecular flexibility index (Phi) is 6.77. The van der Waals surface area contributed by atoms with Crippen molar-refractivity contribution in [3.05, 3.63) is 45.1 Å². The van der Waals surface area contributed by atoms with Crippen LogP contribution in [-0.4, -0.2) is 43.3 Å². The van der Waals surface area contributed by atoms with Gasteiger partial charge in [0, 0.05) is 32.6 Å². The number of anilines is 3. The van der Waals surface area contributed by atoms with E-state index in [4.69, 9.17) is 0 Å². The Balaban J connectivity index is 1.97. The summed E-state index contributed by atoms with van der Waals surface area (Å²) in [5.74, 6) is 0.0844. The van der Waals surface area contributed by atoms with E-state index in [1.165, 1.54) is 9.78 Å². The van der Waals surface area contributed by atoms with E-state index in [1.54, 1.807) is 44.5 Å². The summed E-state index contributed by atoms with van der Waals surface area (Å²) in [5, 5.41) is 17.2. The standard InChI is InChI=1S/C22H29N5O3S2/c1-12-8-10-14(17(28)16(12)21(29)27(6)7)23-19-20(26-32(30)25-19)24-18(22(3,4)5)15-11-9-13(2)31-15/h8-11,18,28H,1-7H3,(H,23,25)(H,24,26)/t18-,32?/m0/s1. The fourth-order valence-electron chi connectivity index (χ4n) is 3.31. The van der Waals surface area contributed by atoms with Crippen molar-refractivity contribution in [3.63, 3.8) is 0 Å². The zero-order valence-electron chi connectivity index (χ0n) is 19.3. The predicted octanol–water partition coefficient (Wildman–Crippen LogP) is 5.23. The molecule has 3 aromatic rings. The van der Waals surface area contributed by atoms with Gasteiger partial charge in [0.2, 0.25) is 11.6 Å². The highest BCUT2D eigenvalue weighted by molar-refractivity contribution is 7.14. The van der Waals surface area contributed by atoms with Crippen LogP contribution in [0.25, 0.3) is 0 Å². The van der Waals surface area contributed by atoms with Gasteiger partial charge in [0.15, 0.2) is 16.9 Å². The molecular weight excluding hydrogens is 446 g/mol. The Bertz CT molecular complexity index is 1130. The largest absolute Gasteiger partial charge is 0.546 e. The quantitative estimate of drug-likeness (QED) is 0.330. The summed E-state index contributed by atoms with van der Waals surface area (Å²) in [6.07, 6.45) is 0. The number of nitrogens with zero attached hydrogens (tertiary/aromatic N) is 3. The van der Waals surface area contributed by atoms with Gasteiger partial charge >= 0.3 is 0 Å². The molecule has 0 aliphatic carbocycles. The zero-order chi connectivity index (χ0) is 23.8. The Morgan fingerprint density at radius 2 is 1.81 bits per heavy atom. The first-order valence-electron chi connectivity index (χ1n) is 10.1. The molecule has 172 valence electrons. The average molecular weight is 476 g/mol. The van der Waals surface area contributed by atoms with E-state index in [9.17, 15) is 14.5 Å². The molecule has 3 N–H and O–H groups in total. The Morgan fingerprint density at radius 3 is 2.38 bits per heavy atom. The van der Waals surface area contributed by atoms with Gasteiger partial charge in [-0.05, 0) is 43.0 Å². The molecule has 1 unspecified atom stereocenters. The number of phenols is 1. The minimum Gasteiger partial charge on any atom is -0.546 e. The Hall–Kier alpha value is -2.69. The summed E-state index contributed by atoms with van der Waals surface area (Å²) >= 11 is -0.0978. The van der Waals surface area contributed by atoms with E-state index in [0.29, 0.717) is 11.4 Å². The second-order valence-electron chi connectivity index (χ2n) is 8.98. The van der Waals surface area contributed by atoms with Crippen molar-refractivity contribution in [2.75, 3.05) is 24.7 Å². The highest BCUT2D eigenvalue weighted by atomic mass is 32.2. The monoisotopic (exact) mass is 475 g/mol. The fourth-order valence-corrected chi connectivity index (χ4v) is 5.11. The van der Waals surface area contributed by atoms with Crippen molar-refractivity contribution in [2.45, 2.75) is 40.7 Å². The van der Waals surface area contributed by atoms with Gasteiger partial charge in [0.05, 0.1) is 17.3 Å². The lowest BCUT2D eigenvalue weighted by Crippen LogP contribution is -2.25. The minimum absolute atomic E-state index is 0.0976. The van der Waals surface area contributed by atoms with Crippen LogP contribution in [0.15, 0.2) is 24.3 Å². The second kappa shape index (κ2) is 9.05. The van der Waals surface area contributed by atoms with Crippen LogP contribution >= 0.6 is 22.5 Å². The summed E-state index contributed by atoms with van der Waals surface area (Å²) in [5.41, 5.74) is 0.975. The van der Waals surface area contributed by atoms with Crippen molar-refractivity contribution < 1.29 is 14.5 Å². The minimum atomic E-state index is -1.79. The second-order valence-corrected chi connectivity index (χ2v) is 11.1. The Labute approximate surface area is 195 Å². The number of hydrogen-bond acceptors (Lipinski definition) is 8. The molecule has 2 atom stereocenters. The first-order chi connectivity index (χ1) is 14.9. The third-order valence-corrected chi connectivity index (χ3v) is 6.76. The summed E-state index contributed by atoms with van der Waals surface area (Å²) in [6, 6.07) is 7.43. The number of hydrogen-bond donors (Lipinski definition) is 3. The summed E-state index contributed by atoms with van der Waals surface area (Å²) in [6.45, 7) is 10.1. The highest BCUT2D eigenvalue weighted by Gasteiger charge is 2.31. The van der Waals surface area contributed by atoms with Gasteiger partial charge in [-0.1, -0.05) is 26.8 Å². The van der Waals surface area contributed by atoms with Crippen LogP contribution in [0.4, 0.5) is 17.3 Å². The number of carbonyl (C=O) groups excluding carboxylic acids is 1. The lowest BCUT2D eigenvalue weighted by atomic mass is 9.86. The molecule has 2 heterocycles. The molecular formula is C22H29N5O3S2. The van der Waals surface area contributed by atoms with Crippen LogP contribution in [0.2, 0.25) is 0 Å². The lowest BCUT2D eigenvalue weighted by Gasteiger charge is -2.30. The van der Waals surface area contributed by atoms with E-state index in [-0.39, 0.29) is 40.2 Å². The number of carbonyl (C=O) groups is 1. The van der Waals surface area contributed by atoms with Gasteiger partial charge in [0.25, 0.3) is 5.91 Å². The number of aromatic hydroxyl groups is 1. The SMILES string of the molecule is Cc1ccc([C@H](Nc2n[s+]([O-])nc2Nc2ccc(C)c(C(=O)N(C)C)c2O)C(C)(C)C)s1. The van der Waals surface area contributed by atoms with E-state index in [2.05, 4.69) is 59.2 Å². The van der Waals surface area contributed by atoms with Crippen LogP contribution in [-0.2, 0) is 0 Å². The van der Waals surface area contributed by atoms with Crippen molar-refractivity contribution in [1.29, 1.82) is 0 Å². The maximum absolute atomic E-state index is 12.5. The number of benzene rings is 1. The smallest absolute Gasteiger partial charge is 0.257 e. The number of amides is 1. The number of nitrogens with one attached hydrogen (secondary N) is 2. The van der Waals surface area contributed by atoms with Gasteiger partial charge in [-0.15, -0.1) is 11.3 Å². The van der Waals surface area contributed by atoms with Crippen molar-refractivity contribution in [2.24, 2.45) is 5.41 Å². The van der Waals surface area contributed by atoms with Gasteiger partial charge in [-0.25, -0.2) is 0 Å².